The van der Waals surface area contributed by atoms with Crippen molar-refractivity contribution in [2.45, 2.75) is 20.0 Å². The third-order valence-electron chi connectivity index (χ3n) is 1.87. The summed E-state index contributed by atoms with van der Waals surface area (Å²) in [5.41, 5.74) is 0.433. The molecule has 0 aromatic heterocycles. The van der Waals surface area contributed by atoms with Gasteiger partial charge >= 0.3 is 5.69 Å². The van der Waals surface area contributed by atoms with Gasteiger partial charge in [-0.2, -0.15) is 5.26 Å². The Morgan fingerprint density at radius 2 is 2.27 bits per heavy atom. The number of hydrogen-bond acceptors (Lipinski definition) is 4. The normalized spacial score (nSPS) is 11.5. The Morgan fingerprint density at radius 3 is 2.80 bits per heavy atom. The summed E-state index contributed by atoms with van der Waals surface area (Å²) in [7, 11) is 0. The van der Waals surface area contributed by atoms with E-state index in [0.29, 0.717) is 5.56 Å². The monoisotopic (exact) mass is 206 g/mol. The summed E-state index contributed by atoms with van der Waals surface area (Å²) in [4.78, 5) is 10.2. The van der Waals surface area contributed by atoms with Crippen molar-refractivity contribution in [3.8, 4) is 11.8 Å². The Bertz CT molecular complexity index is 423. The fourth-order valence-electron chi connectivity index (χ4n) is 1.18. The molecule has 15 heavy (non-hydrogen) atoms. The van der Waals surface area contributed by atoms with Crippen LogP contribution in [0.2, 0.25) is 0 Å². The van der Waals surface area contributed by atoms with Crippen LogP contribution < -0.4 is 4.74 Å². The lowest BCUT2D eigenvalue weighted by Gasteiger charge is -2.08. The summed E-state index contributed by atoms with van der Waals surface area (Å²) in [5.74, 6) is 0.133. The minimum atomic E-state index is -0.703. The first kappa shape index (κ1) is 11.0. The van der Waals surface area contributed by atoms with Crippen molar-refractivity contribution < 1.29 is 9.66 Å². The summed E-state index contributed by atoms with van der Waals surface area (Å²) >= 11 is 0. The van der Waals surface area contributed by atoms with Gasteiger partial charge in [-0.3, -0.25) is 10.1 Å². The Hall–Kier alpha value is -2.09. The van der Waals surface area contributed by atoms with E-state index in [2.05, 4.69) is 0 Å². The standard InChI is InChI=1S/C10H10N2O3/c1-7-4-3-5-9(10(7)12(13)14)15-8(2)6-11/h3-5,8H,1-2H3. The smallest absolute Gasteiger partial charge is 0.313 e. The molecule has 5 nitrogen and oxygen atoms in total. The van der Waals surface area contributed by atoms with Gasteiger partial charge in [-0.05, 0) is 19.9 Å². The molecule has 0 saturated heterocycles. The highest BCUT2D eigenvalue weighted by Gasteiger charge is 2.19. The van der Waals surface area contributed by atoms with Crippen LogP contribution in [0.3, 0.4) is 0 Å². The van der Waals surface area contributed by atoms with Crippen molar-refractivity contribution in [2.24, 2.45) is 0 Å². The molecule has 1 rings (SSSR count). The first-order valence-corrected chi connectivity index (χ1v) is 4.36. The van der Waals surface area contributed by atoms with Crippen LogP contribution in [0.15, 0.2) is 18.2 Å². The van der Waals surface area contributed by atoms with Gasteiger partial charge in [0.25, 0.3) is 0 Å². The van der Waals surface area contributed by atoms with Crippen LogP contribution in [0, 0.1) is 28.4 Å². The number of nitrogens with zero attached hydrogens (tertiary/aromatic N) is 2. The van der Waals surface area contributed by atoms with Crippen LogP contribution in [0.25, 0.3) is 0 Å². The Kier molecular flexibility index (Phi) is 3.24. The Morgan fingerprint density at radius 1 is 1.60 bits per heavy atom. The van der Waals surface area contributed by atoms with Crippen molar-refractivity contribution >= 4 is 5.69 Å². The molecule has 0 aliphatic carbocycles. The summed E-state index contributed by atoms with van der Waals surface area (Å²) in [6.45, 7) is 3.16. The maximum atomic E-state index is 10.8. The van der Waals surface area contributed by atoms with Crippen molar-refractivity contribution in [1.82, 2.24) is 0 Å². The summed E-state index contributed by atoms with van der Waals surface area (Å²) < 4.78 is 5.13. The quantitative estimate of drug-likeness (QED) is 0.561. The number of nitro groups is 1. The summed E-state index contributed by atoms with van der Waals surface area (Å²) in [6.07, 6.45) is -0.703. The van der Waals surface area contributed by atoms with Gasteiger partial charge in [0.1, 0.15) is 6.07 Å². The highest BCUT2D eigenvalue weighted by Crippen LogP contribution is 2.30. The van der Waals surface area contributed by atoms with E-state index in [9.17, 15) is 10.1 Å². The zero-order valence-electron chi connectivity index (χ0n) is 8.43. The second-order valence-corrected chi connectivity index (χ2v) is 3.07. The molecule has 5 heteroatoms. The Balaban J connectivity index is 3.13. The minimum Gasteiger partial charge on any atom is -0.469 e. The van der Waals surface area contributed by atoms with Gasteiger partial charge in [0.2, 0.25) is 0 Å². The zero-order valence-corrected chi connectivity index (χ0v) is 8.43. The topological polar surface area (TPSA) is 76.2 Å². The highest BCUT2D eigenvalue weighted by molar-refractivity contribution is 5.52. The number of ether oxygens (including phenoxy) is 1. The molecule has 0 radical (unpaired) electrons. The van der Waals surface area contributed by atoms with E-state index in [1.165, 1.54) is 13.0 Å². The van der Waals surface area contributed by atoms with Gasteiger partial charge in [0.15, 0.2) is 11.9 Å². The van der Waals surface area contributed by atoms with E-state index in [4.69, 9.17) is 10.00 Å². The van der Waals surface area contributed by atoms with Crippen LogP contribution in [-0.4, -0.2) is 11.0 Å². The maximum absolute atomic E-state index is 10.8. The van der Waals surface area contributed by atoms with E-state index in [1.54, 1.807) is 19.1 Å². The average Bonchev–Trinajstić information content (AvgIpc) is 2.17. The van der Waals surface area contributed by atoms with Crippen LogP contribution >= 0.6 is 0 Å². The summed E-state index contributed by atoms with van der Waals surface area (Å²) in [5, 5.41) is 19.3. The molecule has 1 aromatic rings. The minimum absolute atomic E-state index is 0.0837. The third-order valence-corrected chi connectivity index (χ3v) is 1.87. The molecule has 0 bridgehead atoms. The van der Waals surface area contributed by atoms with E-state index in [1.807, 2.05) is 6.07 Å². The van der Waals surface area contributed by atoms with Gasteiger partial charge in [-0.15, -0.1) is 0 Å². The second-order valence-electron chi connectivity index (χ2n) is 3.07. The number of aryl methyl sites for hydroxylation is 1. The number of nitriles is 1. The molecule has 0 amide bonds. The average molecular weight is 206 g/mol. The van der Waals surface area contributed by atoms with Gasteiger partial charge in [0.05, 0.1) is 4.92 Å². The van der Waals surface area contributed by atoms with Crippen LogP contribution in [-0.2, 0) is 0 Å². The molecule has 0 N–H and O–H groups in total. The molecule has 1 atom stereocenters. The van der Waals surface area contributed by atoms with Crippen molar-refractivity contribution in [3.63, 3.8) is 0 Å². The zero-order chi connectivity index (χ0) is 11.4. The molecular weight excluding hydrogens is 196 g/mol. The van der Waals surface area contributed by atoms with Crippen LogP contribution in [0.1, 0.15) is 12.5 Å². The predicted molar refractivity (Wildman–Crippen MR) is 53.5 cm³/mol. The number of benzene rings is 1. The highest BCUT2D eigenvalue weighted by atomic mass is 16.6. The molecule has 0 fully saturated rings. The summed E-state index contributed by atoms with van der Waals surface area (Å²) in [6, 6.07) is 6.62. The Labute approximate surface area is 87.1 Å². The number of para-hydroxylation sites is 1. The van der Waals surface area contributed by atoms with Gasteiger partial charge < -0.3 is 4.74 Å². The molecule has 1 unspecified atom stereocenters. The number of hydrogen-bond donors (Lipinski definition) is 0. The van der Waals surface area contributed by atoms with E-state index in [0.717, 1.165) is 0 Å². The SMILES string of the molecule is Cc1cccc(OC(C)C#N)c1[N+](=O)[O-]. The van der Waals surface area contributed by atoms with E-state index >= 15 is 0 Å². The predicted octanol–water partition coefficient (Wildman–Crippen LogP) is 2.19. The van der Waals surface area contributed by atoms with Crippen molar-refractivity contribution in [3.05, 3.63) is 33.9 Å². The second kappa shape index (κ2) is 4.42. The first-order chi connectivity index (χ1) is 7.06. The third kappa shape index (κ3) is 2.44. The molecule has 0 heterocycles. The van der Waals surface area contributed by atoms with Gasteiger partial charge in [0, 0.05) is 5.56 Å². The number of nitro benzene ring substituents is 1. The first-order valence-electron chi connectivity index (χ1n) is 4.36. The van der Waals surface area contributed by atoms with Crippen molar-refractivity contribution in [1.29, 1.82) is 5.26 Å². The van der Waals surface area contributed by atoms with Gasteiger partial charge in [-0.25, -0.2) is 0 Å². The van der Waals surface area contributed by atoms with E-state index in [-0.39, 0.29) is 11.4 Å². The van der Waals surface area contributed by atoms with Gasteiger partial charge in [-0.1, -0.05) is 12.1 Å². The largest absolute Gasteiger partial charge is 0.469 e. The molecule has 1 aromatic carbocycles. The lowest BCUT2D eigenvalue weighted by atomic mass is 10.2. The lowest BCUT2D eigenvalue weighted by molar-refractivity contribution is -0.386. The van der Waals surface area contributed by atoms with Crippen molar-refractivity contribution in [2.75, 3.05) is 0 Å². The van der Waals surface area contributed by atoms with Crippen LogP contribution in [0.5, 0.6) is 5.75 Å². The fourth-order valence-corrected chi connectivity index (χ4v) is 1.18. The lowest BCUT2D eigenvalue weighted by Crippen LogP contribution is -2.10. The molecular formula is C10H10N2O3. The molecule has 78 valence electrons. The molecule has 0 spiro atoms. The molecule has 0 aliphatic heterocycles. The van der Waals surface area contributed by atoms with Crippen LogP contribution in [0.4, 0.5) is 5.69 Å². The number of rotatable bonds is 3. The molecule has 0 saturated carbocycles. The fraction of sp³-hybridized carbons (Fsp3) is 0.300. The maximum Gasteiger partial charge on any atom is 0.313 e. The van der Waals surface area contributed by atoms with E-state index < -0.39 is 11.0 Å². The molecule has 0 aliphatic rings.